The maximum Gasteiger partial charge on any atom is 0.254 e. The van der Waals surface area contributed by atoms with Crippen LogP contribution in [0.1, 0.15) is 27.7 Å². The first-order chi connectivity index (χ1) is 8.92. The van der Waals surface area contributed by atoms with E-state index in [9.17, 15) is 0 Å². The molecule has 1 aromatic rings. The fraction of sp³-hybridized carbons (Fsp3) is 0.700. The summed E-state index contributed by atoms with van der Waals surface area (Å²) in [5, 5.41) is 7.83. The van der Waals surface area contributed by atoms with Crippen LogP contribution in [0.25, 0.3) is 10.4 Å². The molecule has 0 radical (unpaired) electrons. The Morgan fingerprint density at radius 3 is 2.47 bits per heavy atom. The molecule has 9 nitrogen and oxygen atoms in total. The number of azide groups is 1. The second kappa shape index (κ2) is 6.72. The Balaban J connectivity index is 3.08. The second-order valence-electron chi connectivity index (χ2n) is 4.40. The zero-order chi connectivity index (χ0) is 14.4. The highest BCUT2D eigenvalue weighted by molar-refractivity contribution is 5.39. The van der Waals surface area contributed by atoms with Crippen LogP contribution in [0, 0.1) is 0 Å². The fourth-order valence-electron chi connectivity index (χ4n) is 1.27. The van der Waals surface area contributed by atoms with Gasteiger partial charge in [-0.3, -0.25) is 4.84 Å². The first-order valence-electron chi connectivity index (χ1n) is 5.90. The number of hydroxylamine groups is 1. The van der Waals surface area contributed by atoms with E-state index in [1.807, 2.05) is 27.7 Å². The largest absolute Gasteiger partial charge is 0.352 e. The lowest BCUT2D eigenvalue weighted by molar-refractivity contribution is 0.0643. The monoisotopic (exact) mass is 266 g/mol. The molecule has 0 saturated carbocycles. The number of anilines is 2. The highest BCUT2D eigenvalue weighted by atomic mass is 16.7. The van der Waals surface area contributed by atoms with Crippen molar-refractivity contribution in [3.05, 3.63) is 10.4 Å². The van der Waals surface area contributed by atoms with Crippen molar-refractivity contribution in [2.75, 3.05) is 17.4 Å². The van der Waals surface area contributed by atoms with Crippen LogP contribution in [0.5, 0.6) is 0 Å². The average Bonchev–Trinajstić information content (AvgIpc) is 2.27. The molecule has 0 spiro atoms. The molecule has 0 fully saturated rings. The van der Waals surface area contributed by atoms with Gasteiger partial charge < -0.3 is 5.32 Å². The molecule has 0 bridgehead atoms. The molecule has 1 heterocycles. The van der Waals surface area contributed by atoms with Gasteiger partial charge in [0.1, 0.15) is 0 Å². The molecule has 0 aliphatic rings. The third-order valence-electron chi connectivity index (χ3n) is 1.81. The quantitative estimate of drug-likeness (QED) is 0.366. The van der Waals surface area contributed by atoms with Crippen molar-refractivity contribution in [2.45, 2.75) is 39.8 Å². The van der Waals surface area contributed by atoms with Crippen LogP contribution in [0.2, 0.25) is 0 Å². The van der Waals surface area contributed by atoms with Crippen molar-refractivity contribution in [3.63, 3.8) is 0 Å². The van der Waals surface area contributed by atoms with E-state index < -0.39 is 0 Å². The summed E-state index contributed by atoms with van der Waals surface area (Å²) >= 11 is 0. The SMILES string of the molecule is CC(C)Nc1nc(N=[N+]=[N-])nc(N(C)OC(C)C)n1. The van der Waals surface area contributed by atoms with Gasteiger partial charge in [-0.25, -0.2) is 5.06 Å². The molecule has 0 aliphatic carbocycles. The van der Waals surface area contributed by atoms with E-state index in [4.69, 9.17) is 10.4 Å². The van der Waals surface area contributed by atoms with Gasteiger partial charge in [0, 0.05) is 18.0 Å². The van der Waals surface area contributed by atoms with E-state index in [0.717, 1.165) is 0 Å². The van der Waals surface area contributed by atoms with Crippen LogP contribution >= 0.6 is 0 Å². The van der Waals surface area contributed by atoms with Crippen molar-refractivity contribution >= 4 is 17.8 Å². The summed E-state index contributed by atoms with van der Waals surface area (Å²) in [4.78, 5) is 20.3. The summed E-state index contributed by atoms with van der Waals surface area (Å²) in [6.07, 6.45) is -0.0220. The highest BCUT2D eigenvalue weighted by Gasteiger charge is 2.12. The zero-order valence-electron chi connectivity index (χ0n) is 11.7. The molecule has 0 saturated heterocycles. The molecule has 1 aromatic heterocycles. The summed E-state index contributed by atoms with van der Waals surface area (Å²) < 4.78 is 0. The van der Waals surface area contributed by atoms with Crippen LogP contribution in [-0.4, -0.2) is 34.1 Å². The van der Waals surface area contributed by atoms with Gasteiger partial charge in [0.2, 0.25) is 11.9 Å². The molecule has 104 valence electrons. The molecule has 1 rings (SSSR count). The number of rotatable bonds is 6. The van der Waals surface area contributed by atoms with E-state index in [0.29, 0.717) is 5.95 Å². The minimum absolute atomic E-state index is 0.00476. The first-order valence-corrected chi connectivity index (χ1v) is 5.90. The number of nitrogens with one attached hydrogen (secondary N) is 1. The Morgan fingerprint density at radius 1 is 1.26 bits per heavy atom. The summed E-state index contributed by atoms with van der Waals surface area (Å²) in [6.45, 7) is 7.68. The fourth-order valence-corrected chi connectivity index (χ4v) is 1.27. The zero-order valence-corrected chi connectivity index (χ0v) is 11.7. The molecule has 1 N–H and O–H groups in total. The summed E-state index contributed by atoms with van der Waals surface area (Å²) in [7, 11) is 1.67. The van der Waals surface area contributed by atoms with Crippen molar-refractivity contribution in [3.8, 4) is 0 Å². The van der Waals surface area contributed by atoms with Crippen LogP contribution < -0.4 is 10.4 Å². The van der Waals surface area contributed by atoms with Crippen molar-refractivity contribution in [2.24, 2.45) is 5.11 Å². The van der Waals surface area contributed by atoms with Crippen molar-refractivity contribution in [1.82, 2.24) is 15.0 Å². The highest BCUT2D eigenvalue weighted by Crippen LogP contribution is 2.16. The summed E-state index contributed by atoms with van der Waals surface area (Å²) in [6, 6.07) is 0.144. The minimum Gasteiger partial charge on any atom is -0.352 e. The maximum absolute atomic E-state index is 8.46. The van der Waals surface area contributed by atoms with Crippen LogP contribution in [0.15, 0.2) is 5.11 Å². The van der Waals surface area contributed by atoms with Gasteiger partial charge >= 0.3 is 0 Å². The van der Waals surface area contributed by atoms with Gasteiger partial charge in [-0.2, -0.15) is 15.0 Å². The van der Waals surface area contributed by atoms with E-state index in [1.165, 1.54) is 5.06 Å². The van der Waals surface area contributed by atoms with E-state index in [-0.39, 0.29) is 24.0 Å². The molecule has 0 unspecified atom stereocenters. The molecule has 0 atom stereocenters. The Hall–Kier alpha value is -2.12. The standard InChI is InChI=1S/C10H18N8O/c1-6(2)12-8-13-9(16-17-11)15-10(14-8)18(5)19-7(3)4/h6-7H,1-5H3,(H,12,13,14,15). The van der Waals surface area contributed by atoms with E-state index in [2.05, 4.69) is 30.3 Å². The van der Waals surface area contributed by atoms with Gasteiger partial charge in [-0.1, -0.05) is 0 Å². The number of aromatic nitrogens is 3. The minimum atomic E-state index is -0.0220. The second-order valence-corrected chi connectivity index (χ2v) is 4.40. The third-order valence-corrected chi connectivity index (χ3v) is 1.81. The molecule has 0 aromatic carbocycles. The van der Waals surface area contributed by atoms with Crippen LogP contribution in [0.3, 0.4) is 0 Å². The molecule has 0 aliphatic heterocycles. The topological polar surface area (TPSA) is 112 Å². The maximum atomic E-state index is 8.46. The summed E-state index contributed by atoms with van der Waals surface area (Å²) in [5.41, 5.74) is 8.46. The van der Waals surface area contributed by atoms with Gasteiger partial charge in [-0.05, 0) is 38.3 Å². The van der Waals surface area contributed by atoms with Gasteiger partial charge in [0.25, 0.3) is 5.95 Å². The summed E-state index contributed by atoms with van der Waals surface area (Å²) in [5.74, 6) is 0.603. The molecular formula is C10H18N8O. The predicted molar refractivity (Wildman–Crippen MR) is 72.0 cm³/mol. The smallest absolute Gasteiger partial charge is 0.254 e. The molecular weight excluding hydrogens is 248 g/mol. The predicted octanol–water partition coefficient (Wildman–Crippen LogP) is 2.41. The number of hydrogen-bond donors (Lipinski definition) is 1. The van der Waals surface area contributed by atoms with E-state index in [1.54, 1.807) is 7.05 Å². The van der Waals surface area contributed by atoms with Crippen molar-refractivity contribution < 1.29 is 4.84 Å². The Morgan fingerprint density at radius 2 is 1.95 bits per heavy atom. The lowest BCUT2D eigenvalue weighted by Crippen LogP contribution is -2.25. The van der Waals surface area contributed by atoms with E-state index >= 15 is 0 Å². The number of hydrogen-bond acceptors (Lipinski definition) is 7. The lowest BCUT2D eigenvalue weighted by Gasteiger charge is -2.20. The number of nitrogens with zero attached hydrogens (tertiary/aromatic N) is 7. The molecule has 9 heteroatoms. The van der Waals surface area contributed by atoms with Gasteiger partial charge in [0.15, 0.2) is 0 Å². The average molecular weight is 266 g/mol. The van der Waals surface area contributed by atoms with Crippen molar-refractivity contribution in [1.29, 1.82) is 0 Å². The third kappa shape index (κ3) is 4.94. The normalized spacial score (nSPS) is 10.5. The molecule has 19 heavy (non-hydrogen) atoms. The Kier molecular flexibility index (Phi) is 5.28. The Bertz CT molecular complexity index is 469. The van der Waals surface area contributed by atoms with Gasteiger partial charge in [0.05, 0.1) is 6.10 Å². The van der Waals surface area contributed by atoms with Gasteiger partial charge in [-0.15, -0.1) is 0 Å². The Labute approximate surface area is 111 Å². The van der Waals surface area contributed by atoms with Crippen LogP contribution in [-0.2, 0) is 4.84 Å². The first kappa shape index (κ1) is 14.9. The lowest BCUT2D eigenvalue weighted by atomic mass is 10.4. The molecule has 0 amide bonds. The van der Waals surface area contributed by atoms with Crippen LogP contribution in [0.4, 0.5) is 17.8 Å².